The predicted octanol–water partition coefficient (Wildman–Crippen LogP) is 7.11. The molecule has 4 nitrogen and oxygen atoms in total. The van der Waals surface area contributed by atoms with Crippen molar-refractivity contribution in [3.05, 3.63) is 77.2 Å². The van der Waals surface area contributed by atoms with Crippen LogP contribution in [0.2, 0.25) is 0 Å². The minimum absolute atomic E-state index is 0.206. The van der Waals surface area contributed by atoms with Crippen LogP contribution in [0.5, 0.6) is 5.75 Å². The fourth-order valence-corrected chi connectivity index (χ4v) is 4.65. The number of hydrazine groups is 1. The molecule has 0 saturated carbocycles. The van der Waals surface area contributed by atoms with E-state index in [1.165, 1.54) is 5.57 Å². The molecule has 0 amide bonds. The third-order valence-corrected chi connectivity index (χ3v) is 6.47. The molecule has 3 atom stereocenters. The van der Waals surface area contributed by atoms with Gasteiger partial charge < -0.3 is 4.74 Å². The first-order valence-electron chi connectivity index (χ1n) is 10.9. The Morgan fingerprint density at radius 2 is 1.88 bits per heavy atom. The first-order valence-corrected chi connectivity index (χ1v) is 11.7. The van der Waals surface area contributed by atoms with Crippen LogP contribution >= 0.6 is 23.2 Å². The SMILES string of the molecule is C/C=C\C(=C/C)CN(C)N1/C(=C(\C)C(C)/C=C\C)N=C(Cl)C(c2ccc(OC)cc2)C1Cl. The summed E-state index contributed by atoms with van der Waals surface area (Å²) in [5.41, 5.74) is 2.86. The summed E-state index contributed by atoms with van der Waals surface area (Å²) in [6.45, 7) is 11.0. The maximum Gasteiger partial charge on any atom is 0.145 e. The Hall–Kier alpha value is -2.01. The smallest absolute Gasteiger partial charge is 0.145 e. The average Bonchev–Trinajstić information content (AvgIpc) is 2.78. The van der Waals surface area contributed by atoms with Gasteiger partial charge in [0.15, 0.2) is 0 Å². The molecule has 0 spiro atoms. The van der Waals surface area contributed by atoms with Gasteiger partial charge in [0.1, 0.15) is 22.2 Å². The molecule has 0 N–H and O–H groups in total. The quantitative estimate of drug-likeness (QED) is 0.173. The highest BCUT2D eigenvalue weighted by Gasteiger charge is 2.39. The summed E-state index contributed by atoms with van der Waals surface area (Å²) in [4.78, 5) is 4.88. The topological polar surface area (TPSA) is 28.1 Å². The van der Waals surface area contributed by atoms with Gasteiger partial charge in [-0.25, -0.2) is 10.0 Å². The lowest BCUT2D eigenvalue weighted by atomic mass is 9.96. The molecule has 0 aromatic heterocycles. The predicted molar refractivity (Wildman–Crippen MR) is 138 cm³/mol. The molecule has 1 aromatic rings. The van der Waals surface area contributed by atoms with Crippen LogP contribution in [0.15, 0.2) is 76.6 Å². The van der Waals surface area contributed by atoms with Crippen molar-refractivity contribution in [2.24, 2.45) is 10.9 Å². The Bertz CT molecular complexity index is 916. The fourth-order valence-electron chi connectivity index (χ4n) is 3.75. The van der Waals surface area contributed by atoms with E-state index in [0.717, 1.165) is 22.7 Å². The first kappa shape index (κ1) is 26.2. The van der Waals surface area contributed by atoms with Crippen molar-refractivity contribution in [2.75, 3.05) is 20.7 Å². The third kappa shape index (κ3) is 6.06. The largest absolute Gasteiger partial charge is 0.497 e. The summed E-state index contributed by atoms with van der Waals surface area (Å²) in [6.07, 6.45) is 10.5. The number of likely N-dealkylation sites (N-methyl/N-ethyl adjacent to an activating group) is 1. The van der Waals surface area contributed by atoms with Crippen LogP contribution in [-0.2, 0) is 0 Å². The second-order valence-corrected chi connectivity index (χ2v) is 8.74. The molecule has 0 bridgehead atoms. The van der Waals surface area contributed by atoms with Crippen molar-refractivity contribution in [3.8, 4) is 5.75 Å². The van der Waals surface area contributed by atoms with Gasteiger partial charge in [-0.2, -0.15) is 0 Å². The molecule has 2 rings (SSSR count). The van der Waals surface area contributed by atoms with Crippen LogP contribution in [0.3, 0.4) is 0 Å². The Labute approximate surface area is 203 Å². The van der Waals surface area contributed by atoms with Gasteiger partial charge in [0.25, 0.3) is 0 Å². The van der Waals surface area contributed by atoms with Gasteiger partial charge in [-0.3, -0.25) is 5.01 Å². The zero-order valence-electron chi connectivity index (χ0n) is 20.1. The van der Waals surface area contributed by atoms with Gasteiger partial charge in [-0.15, -0.1) is 0 Å². The standard InChI is InChI=1S/C26H35Cl2N3O/c1-8-11-18(4)19(5)26-29-24(27)23(21-13-15-22(32-7)16-14-21)25(28)31(26)30(6)17-20(10-3)12-9-2/h8-16,18,23,25H,17H2,1-7H3/b11-8-,12-9-,20-10+,26-19+. The molecular weight excluding hydrogens is 441 g/mol. The number of rotatable bonds is 8. The number of benzene rings is 1. The average molecular weight is 476 g/mol. The molecule has 0 radical (unpaired) electrons. The summed E-state index contributed by atoms with van der Waals surface area (Å²) >= 11 is 13.9. The van der Waals surface area contributed by atoms with Crippen molar-refractivity contribution >= 4 is 28.4 Å². The molecule has 1 aliphatic heterocycles. The highest BCUT2D eigenvalue weighted by Crippen LogP contribution is 2.39. The Balaban J connectivity index is 2.58. The second kappa shape index (κ2) is 12.3. The summed E-state index contributed by atoms with van der Waals surface area (Å²) in [6, 6.07) is 7.84. The van der Waals surface area contributed by atoms with Crippen molar-refractivity contribution in [1.29, 1.82) is 0 Å². The molecule has 3 unspecified atom stereocenters. The molecule has 1 aliphatic rings. The summed E-state index contributed by atoms with van der Waals surface area (Å²) in [5, 5.41) is 4.68. The molecule has 1 aromatic carbocycles. The zero-order valence-corrected chi connectivity index (χ0v) is 21.7. The number of aliphatic imine (C=N–C) groups is 1. The normalized spacial score (nSPS) is 22.6. The van der Waals surface area contributed by atoms with Crippen LogP contribution < -0.4 is 4.74 Å². The van der Waals surface area contributed by atoms with Crippen LogP contribution in [0.1, 0.15) is 46.1 Å². The van der Waals surface area contributed by atoms with E-state index in [4.69, 9.17) is 32.9 Å². The lowest BCUT2D eigenvalue weighted by Gasteiger charge is -2.44. The summed E-state index contributed by atoms with van der Waals surface area (Å²) in [5.74, 6) is 1.52. The molecular formula is C26H35Cl2N3O. The van der Waals surface area contributed by atoms with E-state index in [1.54, 1.807) is 7.11 Å². The van der Waals surface area contributed by atoms with Crippen molar-refractivity contribution < 1.29 is 4.74 Å². The van der Waals surface area contributed by atoms with Gasteiger partial charge >= 0.3 is 0 Å². The zero-order chi connectivity index (χ0) is 23.8. The highest BCUT2D eigenvalue weighted by molar-refractivity contribution is 6.67. The maximum atomic E-state index is 7.17. The number of hydrogen-bond donors (Lipinski definition) is 0. The van der Waals surface area contributed by atoms with Crippen LogP contribution in [-0.4, -0.2) is 41.4 Å². The van der Waals surface area contributed by atoms with Gasteiger partial charge in [-0.05, 0) is 62.5 Å². The van der Waals surface area contributed by atoms with Gasteiger partial charge in [0, 0.05) is 13.6 Å². The van der Waals surface area contributed by atoms with E-state index in [9.17, 15) is 0 Å². The second-order valence-electron chi connectivity index (χ2n) is 7.90. The Kier molecular flexibility index (Phi) is 10.1. The number of halogens is 2. The molecule has 1 heterocycles. The number of ether oxygens (including phenoxy) is 1. The maximum absolute atomic E-state index is 7.17. The van der Waals surface area contributed by atoms with Crippen LogP contribution in [0, 0.1) is 5.92 Å². The molecule has 0 aliphatic carbocycles. The minimum atomic E-state index is -0.440. The number of alkyl halides is 1. The monoisotopic (exact) mass is 475 g/mol. The van der Waals surface area contributed by atoms with E-state index >= 15 is 0 Å². The van der Waals surface area contributed by atoms with Crippen molar-refractivity contribution in [1.82, 2.24) is 10.0 Å². The van der Waals surface area contributed by atoms with E-state index < -0.39 is 5.50 Å². The van der Waals surface area contributed by atoms with Gasteiger partial charge in [0.2, 0.25) is 0 Å². The van der Waals surface area contributed by atoms with E-state index in [1.807, 2.05) is 58.2 Å². The lowest BCUT2D eigenvalue weighted by molar-refractivity contribution is 0.0228. The van der Waals surface area contributed by atoms with Crippen LogP contribution in [0.25, 0.3) is 0 Å². The number of nitrogens with zero attached hydrogens (tertiary/aromatic N) is 3. The van der Waals surface area contributed by atoms with Gasteiger partial charge in [0.05, 0.1) is 13.0 Å². The van der Waals surface area contributed by atoms with E-state index in [-0.39, 0.29) is 11.8 Å². The van der Waals surface area contributed by atoms with Crippen LogP contribution in [0.4, 0.5) is 0 Å². The first-order chi connectivity index (χ1) is 15.3. The molecule has 0 saturated heterocycles. The minimum Gasteiger partial charge on any atom is -0.497 e. The third-order valence-electron chi connectivity index (χ3n) is 5.72. The van der Waals surface area contributed by atoms with E-state index in [2.05, 4.69) is 48.2 Å². The summed E-state index contributed by atoms with van der Waals surface area (Å²) < 4.78 is 5.31. The van der Waals surface area contributed by atoms with Crippen molar-refractivity contribution in [3.63, 3.8) is 0 Å². The molecule has 6 heteroatoms. The number of allylic oxidation sites excluding steroid dienone is 5. The molecule has 0 fully saturated rings. The summed E-state index contributed by atoms with van der Waals surface area (Å²) in [7, 11) is 3.69. The Morgan fingerprint density at radius 3 is 2.41 bits per heavy atom. The molecule has 174 valence electrons. The Morgan fingerprint density at radius 1 is 1.22 bits per heavy atom. The lowest BCUT2D eigenvalue weighted by Crippen LogP contribution is -2.50. The van der Waals surface area contributed by atoms with Gasteiger partial charge in [-0.1, -0.05) is 72.6 Å². The van der Waals surface area contributed by atoms with E-state index in [0.29, 0.717) is 11.7 Å². The number of hydrogen-bond acceptors (Lipinski definition) is 4. The molecule has 32 heavy (non-hydrogen) atoms. The number of methoxy groups -OCH3 is 1. The highest BCUT2D eigenvalue weighted by atomic mass is 35.5. The fraction of sp³-hybridized carbons (Fsp3) is 0.423. The van der Waals surface area contributed by atoms with Crippen molar-refractivity contribution in [2.45, 2.75) is 46.0 Å².